The molecule has 1 rings (SSSR count). The van der Waals surface area contributed by atoms with E-state index in [0.29, 0.717) is 0 Å². The van der Waals surface area contributed by atoms with E-state index in [4.69, 9.17) is 0 Å². The van der Waals surface area contributed by atoms with Crippen LogP contribution < -0.4 is 0 Å². The van der Waals surface area contributed by atoms with Gasteiger partial charge in [-0.05, 0) is 0 Å². The molecular weight excluding hydrogens is 176 g/mol. The maximum Gasteiger partial charge on any atom is 0.374 e. The number of hydrogen-bond acceptors (Lipinski definition) is 8. The second kappa shape index (κ2) is 4.62. The largest absolute Gasteiger partial charge is 0.374 e. The SMILES string of the molecule is O=C1COOCC(=O)OOOO1. The quantitative estimate of drug-likeness (QED) is 0.430. The van der Waals surface area contributed by atoms with Crippen molar-refractivity contribution in [2.75, 3.05) is 13.2 Å². The molecule has 0 aromatic heterocycles. The highest BCUT2D eigenvalue weighted by atomic mass is 17.7. The van der Waals surface area contributed by atoms with Gasteiger partial charge in [-0.15, -0.1) is 0 Å². The van der Waals surface area contributed by atoms with E-state index in [9.17, 15) is 9.59 Å². The molecule has 1 fully saturated rings. The van der Waals surface area contributed by atoms with Gasteiger partial charge in [-0.3, -0.25) is 9.78 Å². The van der Waals surface area contributed by atoms with Crippen LogP contribution in [0.2, 0.25) is 0 Å². The Morgan fingerprint density at radius 1 is 0.833 bits per heavy atom. The van der Waals surface area contributed by atoms with Gasteiger partial charge in [0.05, 0.1) is 0 Å². The molecule has 8 nitrogen and oxygen atoms in total. The molecule has 0 aromatic rings. The molecule has 68 valence electrons. The number of rotatable bonds is 0. The average molecular weight is 180 g/mol. The zero-order chi connectivity index (χ0) is 8.81. The summed E-state index contributed by atoms with van der Waals surface area (Å²) in [5.74, 6) is -1.79. The van der Waals surface area contributed by atoms with E-state index in [1.165, 1.54) is 0 Å². The lowest BCUT2D eigenvalue weighted by molar-refractivity contribution is -0.602. The van der Waals surface area contributed by atoms with E-state index >= 15 is 0 Å². The fourth-order valence-electron chi connectivity index (χ4n) is 0.331. The fourth-order valence-corrected chi connectivity index (χ4v) is 0.331. The first kappa shape index (κ1) is 8.87. The Bertz CT molecular complexity index is 140. The molecule has 0 amide bonds. The molecule has 0 bridgehead atoms. The van der Waals surface area contributed by atoms with Crippen molar-refractivity contribution < 1.29 is 39.2 Å². The molecule has 0 unspecified atom stereocenters. The molecule has 0 saturated carbocycles. The zero-order valence-corrected chi connectivity index (χ0v) is 5.68. The predicted molar refractivity (Wildman–Crippen MR) is 26.3 cm³/mol. The Morgan fingerprint density at radius 2 is 1.25 bits per heavy atom. The van der Waals surface area contributed by atoms with E-state index in [1.54, 1.807) is 0 Å². The van der Waals surface area contributed by atoms with Crippen LogP contribution >= 0.6 is 0 Å². The van der Waals surface area contributed by atoms with Crippen molar-refractivity contribution in [2.45, 2.75) is 0 Å². The molecule has 1 aliphatic rings. The highest BCUT2D eigenvalue weighted by molar-refractivity contribution is 5.70. The second-order valence-corrected chi connectivity index (χ2v) is 1.57. The monoisotopic (exact) mass is 180 g/mol. The van der Waals surface area contributed by atoms with Crippen LogP contribution in [0.5, 0.6) is 0 Å². The molecule has 0 aliphatic carbocycles. The Morgan fingerprint density at radius 3 is 1.67 bits per heavy atom. The molecule has 1 heterocycles. The van der Waals surface area contributed by atoms with Crippen LogP contribution in [0, 0.1) is 0 Å². The standard InChI is InChI=1S/C4H4O8/c5-3-1-7-8-2-4(6)10-12-11-9-3/h1-2H2. The van der Waals surface area contributed by atoms with Crippen molar-refractivity contribution in [2.24, 2.45) is 0 Å². The van der Waals surface area contributed by atoms with Crippen molar-refractivity contribution in [1.82, 2.24) is 0 Å². The summed E-state index contributed by atoms with van der Waals surface area (Å²) in [5, 5.41) is 7.33. The molecule has 0 spiro atoms. The molecule has 0 radical (unpaired) electrons. The van der Waals surface area contributed by atoms with Gasteiger partial charge in [0, 0.05) is 10.1 Å². The first-order chi connectivity index (χ1) is 5.79. The van der Waals surface area contributed by atoms with Crippen molar-refractivity contribution in [1.29, 1.82) is 0 Å². The Balaban J connectivity index is 2.29. The summed E-state index contributed by atoms with van der Waals surface area (Å²) < 4.78 is 0. The summed E-state index contributed by atoms with van der Waals surface area (Å²) in [5.41, 5.74) is 0. The van der Waals surface area contributed by atoms with E-state index in [0.717, 1.165) is 0 Å². The van der Waals surface area contributed by atoms with Gasteiger partial charge < -0.3 is 0 Å². The van der Waals surface area contributed by atoms with Crippen LogP contribution in [-0.2, 0) is 39.2 Å². The third-order valence-corrected chi connectivity index (χ3v) is 0.719. The summed E-state index contributed by atoms with van der Waals surface area (Å²) in [6, 6.07) is 0. The molecule has 1 aliphatic heterocycles. The van der Waals surface area contributed by atoms with Crippen molar-refractivity contribution in [3.05, 3.63) is 0 Å². The minimum atomic E-state index is -0.895. The third-order valence-electron chi connectivity index (χ3n) is 0.719. The maximum atomic E-state index is 10.4. The summed E-state index contributed by atoms with van der Waals surface area (Å²) in [6.07, 6.45) is 0. The Hall–Kier alpha value is -1.22. The molecule has 0 atom stereocenters. The predicted octanol–water partition coefficient (Wildman–Crippen LogP) is -1.19. The van der Waals surface area contributed by atoms with Gasteiger partial charge in [0.1, 0.15) is 0 Å². The van der Waals surface area contributed by atoms with E-state index < -0.39 is 25.2 Å². The number of carbonyl (C=O) groups excluding carboxylic acids is 2. The second-order valence-electron chi connectivity index (χ2n) is 1.57. The van der Waals surface area contributed by atoms with Gasteiger partial charge >= 0.3 is 11.9 Å². The first-order valence-corrected chi connectivity index (χ1v) is 2.77. The van der Waals surface area contributed by atoms with Gasteiger partial charge in [0.2, 0.25) is 0 Å². The summed E-state index contributed by atoms with van der Waals surface area (Å²) >= 11 is 0. The number of carbonyl (C=O) groups is 2. The summed E-state index contributed by atoms with van der Waals surface area (Å²) in [6.45, 7) is -1.03. The van der Waals surface area contributed by atoms with Crippen LogP contribution in [0.4, 0.5) is 0 Å². The molecule has 8 heteroatoms. The van der Waals surface area contributed by atoms with Crippen molar-refractivity contribution >= 4 is 11.9 Å². The van der Waals surface area contributed by atoms with Crippen LogP contribution in [0.1, 0.15) is 0 Å². The topological polar surface area (TPSA) is 89.5 Å². The molecular formula is C4H4O8. The minimum Gasteiger partial charge on any atom is -0.263 e. The van der Waals surface area contributed by atoms with Crippen LogP contribution in [-0.4, -0.2) is 25.2 Å². The molecule has 12 heavy (non-hydrogen) atoms. The Labute approximate surface area is 65.5 Å². The van der Waals surface area contributed by atoms with E-state index in [1.807, 2.05) is 0 Å². The first-order valence-electron chi connectivity index (χ1n) is 2.77. The third kappa shape index (κ3) is 3.25. The zero-order valence-electron chi connectivity index (χ0n) is 5.68. The lowest BCUT2D eigenvalue weighted by Crippen LogP contribution is -2.21. The highest BCUT2D eigenvalue weighted by Crippen LogP contribution is 1.92. The summed E-state index contributed by atoms with van der Waals surface area (Å²) in [4.78, 5) is 36.8. The molecule has 0 aromatic carbocycles. The van der Waals surface area contributed by atoms with Gasteiger partial charge in [-0.2, -0.15) is 0 Å². The van der Waals surface area contributed by atoms with Gasteiger partial charge in [0.25, 0.3) is 0 Å². The minimum absolute atomic E-state index is 0.517. The van der Waals surface area contributed by atoms with E-state index in [-0.39, 0.29) is 0 Å². The Kier molecular flexibility index (Phi) is 3.41. The van der Waals surface area contributed by atoms with Crippen molar-refractivity contribution in [3.63, 3.8) is 0 Å². The lowest BCUT2D eigenvalue weighted by atomic mass is 10.7. The fraction of sp³-hybridized carbons (Fsp3) is 0.500. The normalized spacial score (nSPS) is 21.0. The van der Waals surface area contributed by atoms with Gasteiger partial charge in [-0.25, -0.2) is 19.4 Å². The van der Waals surface area contributed by atoms with Crippen LogP contribution in [0.15, 0.2) is 0 Å². The van der Waals surface area contributed by atoms with Crippen LogP contribution in [0.3, 0.4) is 0 Å². The van der Waals surface area contributed by atoms with Gasteiger partial charge in [-0.1, -0.05) is 0 Å². The molecule has 0 N–H and O–H groups in total. The maximum absolute atomic E-state index is 10.4. The van der Waals surface area contributed by atoms with Gasteiger partial charge in [0.15, 0.2) is 13.2 Å². The van der Waals surface area contributed by atoms with Crippen LogP contribution in [0.25, 0.3) is 0 Å². The highest BCUT2D eigenvalue weighted by Gasteiger charge is 2.12. The smallest absolute Gasteiger partial charge is 0.263 e. The van der Waals surface area contributed by atoms with Crippen molar-refractivity contribution in [3.8, 4) is 0 Å². The summed E-state index contributed by atoms with van der Waals surface area (Å²) in [7, 11) is 0. The average Bonchev–Trinajstić information content (AvgIpc) is 2.06. The lowest BCUT2D eigenvalue weighted by Gasteiger charge is -2.05. The van der Waals surface area contributed by atoms with E-state index in [2.05, 4.69) is 29.6 Å². The molecule has 1 saturated heterocycles. The number of hydrogen-bond donors (Lipinski definition) is 0.